The Bertz CT molecular complexity index is 322. The van der Waals surface area contributed by atoms with Crippen LogP contribution in [0.5, 0.6) is 0 Å². The summed E-state index contributed by atoms with van der Waals surface area (Å²) in [4.78, 5) is 11.9. The van der Waals surface area contributed by atoms with Gasteiger partial charge in [0.05, 0.1) is 12.2 Å². The van der Waals surface area contributed by atoms with E-state index in [1.54, 1.807) is 6.26 Å². The first-order valence-electron chi connectivity index (χ1n) is 6.20. The Morgan fingerprint density at radius 3 is 2.88 bits per heavy atom. The number of carbonyl (C=O) groups excluding carboxylic acids is 1. The Balaban J connectivity index is 2.39. The third kappa shape index (κ3) is 4.61. The van der Waals surface area contributed by atoms with E-state index < -0.39 is 0 Å². The standard InChI is InChI=1S/C13H22N2O2/c1-3-5-11(9-14)13(16)15-10(2)8-12-6-4-7-17-12/h4,6-7,10-11H,3,5,8-9,14H2,1-2H3,(H,15,16). The molecule has 0 aliphatic rings. The van der Waals surface area contributed by atoms with Gasteiger partial charge in [-0.15, -0.1) is 0 Å². The quantitative estimate of drug-likeness (QED) is 0.759. The van der Waals surface area contributed by atoms with Crippen molar-refractivity contribution < 1.29 is 9.21 Å². The van der Waals surface area contributed by atoms with Crippen molar-refractivity contribution >= 4 is 5.91 Å². The molecular formula is C13H22N2O2. The summed E-state index contributed by atoms with van der Waals surface area (Å²) in [6, 6.07) is 3.83. The van der Waals surface area contributed by atoms with Crippen molar-refractivity contribution in [2.24, 2.45) is 11.7 Å². The van der Waals surface area contributed by atoms with Gasteiger partial charge < -0.3 is 15.5 Å². The van der Waals surface area contributed by atoms with E-state index in [1.807, 2.05) is 19.1 Å². The number of furan rings is 1. The lowest BCUT2D eigenvalue weighted by Crippen LogP contribution is -2.40. The Labute approximate surface area is 103 Å². The number of nitrogens with one attached hydrogen (secondary N) is 1. The Morgan fingerprint density at radius 1 is 1.59 bits per heavy atom. The minimum absolute atomic E-state index is 0.0495. The van der Waals surface area contributed by atoms with Crippen LogP contribution in [0.1, 0.15) is 32.4 Å². The molecule has 1 aromatic heterocycles. The maximum Gasteiger partial charge on any atom is 0.224 e. The zero-order chi connectivity index (χ0) is 12.7. The maximum absolute atomic E-state index is 11.9. The zero-order valence-corrected chi connectivity index (χ0v) is 10.6. The summed E-state index contributed by atoms with van der Waals surface area (Å²) >= 11 is 0. The van der Waals surface area contributed by atoms with Gasteiger partial charge in [0.25, 0.3) is 0 Å². The molecule has 1 aromatic rings. The fourth-order valence-electron chi connectivity index (χ4n) is 1.85. The largest absolute Gasteiger partial charge is 0.469 e. The highest BCUT2D eigenvalue weighted by atomic mass is 16.3. The van der Waals surface area contributed by atoms with E-state index in [0.29, 0.717) is 13.0 Å². The van der Waals surface area contributed by atoms with Crippen molar-refractivity contribution in [3.05, 3.63) is 24.2 Å². The molecule has 0 bridgehead atoms. The van der Waals surface area contributed by atoms with Crippen molar-refractivity contribution in [3.63, 3.8) is 0 Å². The van der Waals surface area contributed by atoms with E-state index in [9.17, 15) is 4.79 Å². The van der Waals surface area contributed by atoms with Crippen LogP contribution in [0.25, 0.3) is 0 Å². The highest BCUT2D eigenvalue weighted by molar-refractivity contribution is 5.79. The normalized spacial score (nSPS) is 14.3. The summed E-state index contributed by atoms with van der Waals surface area (Å²) in [6.07, 6.45) is 4.17. The molecule has 0 aliphatic carbocycles. The fraction of sp³-hybridized carbons (Fsp3) is 0.615. The summed E-state index contributed by atoms with van der Waals surface area (Å²) in [5, 5.41) is 2.98. The number of nitrogens with two attached hydrogens (primary N) is 1. The van der Waals surface area contributed by atoms with E-state index in [2.05, 4.69) is 12.2 Å². The first-order valence-corrected chi connectivity index (χ1v) is 6.20. The van der Waals surface area contributed by atoms with Gasteiger partial charge in [-0.05, 0) is 25.5 Å². The number of hydrogen-bond acceptors (Lipinski definition) is 3. The molecule has 0 saturated carbocycles. The maximum atomic E-state index is 11.9. The number of hydrogen-bond donors (Lipinski definition) is 2. The van der Waals surface area contributed by atoms with Crippen molar-refractivity contribution in [2.45, 2.75) is 39.2 Å². The lowest BCUT2D eigenvalue weighted by atomic mass is 10.0. The van der Waals surface area contributed by atoms with Gasteiger partial charge in [-0.3, -0.25) is 4.79 Å². The van der Waals surface area contributed by atoms with Crippen LogP contribution < -0.4 is 11.1 Å². The molecular weight excluding hydrogens is 216 g/mol. The van der Waals surface area contributed by atoms with Crippen LogP contribution in [0.15, 0.2) is 22.8 Å². The lowest BCUT2D eigenvalue weighted by molar-refractivity contribution is -0.125. The highest BCUT2D eigenvalue weighted by Gasteiger charge is 2.17. The van der Waals surface area contributed by atoms with Gasteiger partial charge in [-0.2, -0.15) is 0 Å². The van der Waals surface area contributed by atoms with Crippen LogP contribution in [-0.4, -0.2) is 18.5 Å². The van der Waals surface area contributed by atoms with E-state index >= 15 is 0 Å². The molecule has 0 spiro atoms. The molecule has 1 rings (SSSR count). The van der Waals surface area contributed by atoms with Gasteiger partial charge in [0, 0.05) is 19.0 Å². The lowest BCUT2D eigenvalue weighted by Gasteiger charge is -2.18. The molecule has 1 amide bonds. The van der Waals surface area contributed by atoms with Crippen LogP contribution in [-0.2, 0) is 11.2 Å². The summed E-state index contributed by atoms with van der Waals surface area (Å²) in [6.45, 7) is 4.44. The molecule has 0 aliphatic heterocycles. The van der Waals surface area contributed by atoms with E-state index in [1.165, 1.54) is 0 Å². The SMILES string of the molecule is CCCC(CN)C(=O)NC(C)Cc1ccco1. The first-order chi connectivity index (χ1) is 8.17. The van der Waals surface area contributed by atoms with Gasteiger partial charge in [0.2, 0.25) is 5.91 Å². The Kier molecular flexibility index (Phi) is 5.77. The number of carbonyl (C=O) groups is 1. The molecule has 4 nitrogen and oxygen atoms in total. The summed E-state index contributed by atoms with van der Waals surface area (Å²) < 4.78 is 5.24. The van der Waals surface area contributed by atoms with Crippen molar-refractivity contribution in [2.75, 3.05) is 6.54 Å². The number of rotatable bonds is 7. The van der Waals surface area contributed by atoms with E-state index in [4.69, 9.17) is 10.2 Å². The zero-order valence-electron chi connectivity index (χ0n) is 10.6. The minimum Gasteiger partial charge on any atom is -0.469 e. The molecule has 1 heterocycles. The predicted molar refractivity (Wildman–Crippen MR) is 67.5 cm³/mol. The smallest absolute Gasteiger partial charge is 0.224 e. The van der Waals surface area contributed by atoms with Crippen LogP contribution >= 0.6 is 0 Å². The van der Waals surface area contributed by atoms with E-state index in [-0.39, 0.29) is 17.9 Å². The van der Waals surface area contributed by atoms with Crippen LogP contribution in [0.4, 0.5) is 0 Å². The van der Waals surface area contributed by atoms with Crippen molar-refractivity contribution in [3.8, 4) is 0 Å². The van der Waals surface area contributed by atoms with Gasteiger partial charge in [-0.1, -0.05) is 13.3 Å². The van der Waals surface area contributed by atoms with Crippen molar-refractivity contribution in [1.29, 1.82) is 0 Å². The van der Waals surface area contributed by atoms with Gasteiger partial charge in [0.1, 0.15) is 5.76 Å². The molecule has 0 aromatic carbocycles. The second-order valence-electron chi connectivity index (χ2n) is 4.41. The van der Waals surface area contributed by atoms with Crippen LogP contribution in [0.3, 0.4) is 0 Å². The van der Waals surface area contributed by atoms with Crippen molar-refractivity contribution in [1.82, 2.24) is 5.32 Å². The highest BCUT2D eigenvalue weighted by Crippen LogP contribution is 2.07. The minimum atomic E-state index is -0.0703. The second-order valence-corrected chi connectivity index (χ2v) is 4.41. The average molecular weight is 238 g/mol. The fourth-order valence-corrected chi connectivity index (χ4v) is 1.85. The average Bonchev–Trinajstić information content (AvgIpc) is 2.78. The topological polar surface area (TPSA) is 68.3 Å². The molecule has 0 radical (unpaired) electrons. The Hall–Kier alpha value is -1.29. The molecule has 3 N–H and O–H groups in total. The summed E-state index contributed by atoms with van der Waals surface area (Å²) in [5.41, 5.74) is 5.59. The predicted octanol–water partition coefficient (Wildman–Crippen LogP) is 1.70. The molecule has 17 heavy (non-hydrogen) atoms. The van der Waals surface area contributed by atoms with Crippen LogP contribution in [0.2, 0.25) is 0 Å². The second kappa shape index (κ2) is 7.12. The van der Waals surface area contributed by atoms with Gasteiger partial charge in [0.15, 0.2) is 0 Å². The first kappa shape index (κ1) is 13.8. The monoisotopic (exact) mass is 238 g/mol. The summed E-state index contributed by atoms with van der Waals surface area (Å²) in [5.74, 6) is 0.866. The molecule has 2 unspecified atom stereocenters. The third-order valence-corrected chi connectivity index (χ3v) is 2.77. The molecule has 0 saturated heterocycles. The van der Waals surface area contributed by atoms with E-state index in [0.717, 1.165) is 18.6 Å². The summed E-state index contributed by atoms with van der Waals surface area (Å²) in [7, 11) is 0. The molecule has 0 fully saturated rings. The van der Waals surface area contributed by atoms with Gasteiger partial charge in [-0.25, -0.2) is 0 Å². The molecule has 96 valence electrons. The Morgan fingerprint density at radius 2 is 2.35 bits per heavy atom. The molecule has 2 atom stereocenters. The molecule has 4 heteroatoms. The van der Waals surface area contributed by atoms with Crippen LogP contribution in [0, 0.1) is 5.92 Å². The van der Waals surface area contributed by atoms with Gasteiger partial charge >= 0.3 is 0 Å². The third-order valence-electron chi connectivity index (χ3n) is 2.77. The number of amides is 1.